The van der Waals surface area contributed by atoms with Crippen LogP contribution < -0.4 is 15.0 Å². The van der Waals surface area contributed by atoms with Gasteiger partial charge in [-0.1, -0.05) is 61.5 Å². The number of carbonyl (C=O) groups is 3. The van der Waals surface area contributed by atoms with E-state index >= 15 is 0 Å². The van der Waals surface area contributed by atoms with E-state index in [1.54, 1.807) is 18.2 Å². The van der Waals surface area contributed by atoms with E-state index in [4.69, 9.17) is 14.2 Å². The summed E-state index contributed by atoms with van der Waals surface area (Å²) < 4.78 is 16.3. The molecule has 3 aromatic carbocycles. The number of carbonyl (C=O) groups excluding carboxylic acids is 3. The van der Waals surface area contributed by atoms with Gasteiger partial charge in [-0.3, -0.25) is 4.79 Å². The number of methoxy groups -OCH3 is 1. The molecule has 8 nitrogen and oxygen atoms in total. The second kappa shape index (κ2) is 14.3. The summed E-state index contributed by atoms with van der Waals surface area (Å²) in [5.41, 5.74) is 3.42. The molecule has 0 saturated carbocycles. The molecule has 0 radical (unpaired) electrons. The number of ether oxygens (including phenoxy) is 3. The average Bonchev–Trinajstić information content (AvgIpc) is 2.99. The molecule has 8 heteroatoms. The highest BCUT2D eigenvalue weighted by Crippen LogP contribution is 2.31. The number of para-hydroxylation sites is 1. The fourth-order valence-corrected chi connectivity index (χ4v) is 4.97. The van der Waals surface area contributed by atoms with E-state index in [0.29, 0.717) is 29.4 Å². The predicted molar refractivity (Wildman–Crippen MR) is 157 cm³/mol. The summed E-state index contributed by atoms with van der Waals surface area (Å²) >= 11 is 0. The average molecular weight is 559 g/mol. The lowest BCUT2D eigenvalue weighted by molar-refractivity contribution is -0.145. The number of rotatable bonds is 11. The van der Waals surface area contributed by atoms with E-state index in [-0.39, 0.29) is 24.5 Å². The first-order chi connectivity index (χ1) is 19.9. The minimum absolute atomic E-state index is 0.0176. The molecule has 1 amide bonds. The van der Waals surface area contributed by atoms with Crippen LogP contribution >= 0.6 is 0 Å². The molecule has 1 atom stereocenters. The van der Waals surface area contributed by atoms with Crippen LogP contribution in [0.3, 0.4) is 0 Å². The molecule has 1 fully saturated rings. The van der Waals surface area contributed by atoms with Crippen LogP contribution in [-0.2, 0) is 32.1 Å². The van der Waals surface area contributed by atoms with Gasteiger partial charge in [-0.2, -0.15) is 0 Å². The zero-order chi connectivity index (χ0) is 29.2. The molecular weight excluding hydrogens is 520 g/mol. The molecule has 1 unspecified atom stereocenters. The SMILES string of the molecule is CCOc1cc(CC(=O)NC(C(=O)OC)c2ccccc2N2CCC(C)CC2)ccc1C(=O)OCc1ccccc1. The van der Waals surface area contributed by atoms with Gasteiger partial charge in [0.05, 0.1) is 20.1 Å². The summed E-state index contributed by atoms with van der Waals surface area (Å²) in [5, 5.41) is 2.88. The van der Waals surface area contributed by atoms with Gasteiger partial charge in [-0.05, 0) is 55.0 Å². The maximum atomic E-state index is 13.2. The van der Waals surface area contributed by atoms with E-state index in [1.807, 2.05) is 61.5 Å². The molecule has 0 aromatic heterocycles. The van der Waals surface area contributed by atoms with Crippen LogP contribution in [0.15, 0.2) is 72.8 Å². The van der Waals surface area contributed by atoms with Crippen molar-refractivity contribution in [2.75, 3.05) is 31.7 Å². The van der Waals surface area contributed by atoms with Crippen molar-refractivity contribution < 1.29 is 28.6 Å². The summed E-state index contributed by atoms with van der Waals surface area (Å²) in [6.07, 6.45) is 2.12. The number of benzene rings is 3. The molecule has 1 saturated heterocycles. The van der Waals surface area contributed by atoms with Crippen LogP contribution in [-0.4, -0.2) is 44.7 Å². The highest BCUT2D eigenvalue weighted by molar-refractivity contribution is 5.93. The van der Waals surface area contributed by atoms with Crippen molar-refractivity contribution in [3.05, 3.63) is 95.1 Å². The second-order valence-corrected chi connectivity index (χ2v) is 10.3. The van der Waals surface area contributed by atoms with Gasteiger partial charge in [0.2, 0.25) is 5.91 Å². The zero-order valence-electron chi connectivity index (χ0n) is 23.9. The number of nitrogens with one attached hydrogen (secondary N) is 1. The Morgan fingerprint density at radius 2 is 1.66 bits per heavy atom. The van der Waals surface area contributed by atoms with Gasteiger partial charge in [-0.15, -0.1) is 0 Å². The Hall–Kier alpha value is -4.33. The van der Waals surface area contributed by atoms with Gasteiger partial charge in [0.15, 0.2) is 6.04 Å². The van der Waals surface area contributed by atoms with Crippen LogP contribution in [0, 0.1) is 5.92 Å². The van der Waals surface area contributed by atoms with Crippen molar-refractivity contribution in [1.29, 1.82) is 0 Å². The molecule has 41 heavy (non-hydrogen) atoms. The van der Waals surface area contributed by atoms with E-state index in [2.05, 4.69) is 17.1 Å². The molecule has 216 valence electrons. The quantitative estimate of drug-likeness (QED) is 0.321. The predicted octanol–water partition coefficient (Wildman–Crippen LogP) is 5.25. The van der Waals surface area contributed by atoms with E-state index in [9.17, 15) is 14.4 Å². The first-order valence-corrected chi connectivity index (χ1v) is 14.1. The number of hydrogen-bond acceptors (Lipinski definition) is 7. The largest absolute Gasteiger partial charge is 0.493 e. The molecule has 1 aliphatic rings. The second-order valence-electron chi connectivity index (χ2n) is 10.3. The van der Waals surface area contributed by atoms with Gasteiger partial charge in [0.25, 0.3) is 0 Å². The number of hydrogen-bond donors (Lipinski definition) is 1. The van der Waals surface area contributed by atoms with Gasteiger partial charge in [0.1, 0.15) is 17.9 Å². The van der Waals surface area contributed by atoms with Gasteiger partial charge >= 0.3 is 11.9 Å². The third-order valence-electron chi connectivity index (χ3n) is 7.26. The molecule has 0 spiro atoms. The van der Waals surface area contributed by atoms with Crippen LogP contribution in [0.5, 0.6) is 5.75 Å². The third-order valence-corrected chi connectivity index (χ3v) is 7.26. The highest BCUT2D eigenvalue weighted by atomic mass is 16.5. The van der Waals surface area contributed by atoms with Crippen LogP contribution in [0.2, 0.25) is 0 Å². The molecule has 1 heterocycles. The number of esters is 2. The van der Waals surface area contributed by atoms with Gasteiger partial charge in [-0.25, -0.2) is 9.59 Å². The first kappa shape index (κ1) is 29.6. The summed E-state index contributed by atoms with van der Waals surface area (Å²) in [6, 6.07) is 21.1. The minimum Gasteiger partial charge on any atom is -0.493 e. The van der Waals surface area contributed by atoms with E-state index in [0.717, 1.165) is 37.2 Å². The highest BCUT2D eigenvalue weighted by Gasteiger charge is 2.29. The summed E-state index contributed by atoms with van der Waals surface area (Å²) in [6.45, 7) is 6.33. The lowest BCUT2D eigenvalue weighted by atomic mass is 9.96. The molecule has 1 aliphatic heterocycles. The van der Waals surface area contributed by atoms with Crippen molar-refractivity contribution in [2.24, 2.45) is 5.92 Å². The number of nitrogens with zero attached hydrogens (tertiary/aromatic N) is 1. The Morgan fingerprint density at radius 3 is 2.37 bits per heavy atom. The lowest BCUT2D eigenvalue weighted by Gasteiger charge is -2.34. The zero-order valence-corrected chi connectivity index (χ0v) is 23.9. The van der Waals surface area contributed by atoms with Gasteiger partial charge in [0, 0.05) is 24.3 Å². The summed E-state index contributed by atoms with van der Waals surface area (Å²) in [5.74, 6) is -0.409. The molecular formula is C33H38N2O6. The van der Waals surface area contributed by atoms with Crippen molar-refractivity contribution in [1.82, 2.24) is 5.32 Å². The molecule has 3 aromatic rings. The standard InChI is InChI=1S/C33H38N2O6/c1-4-40-29-20-25(14-15-27(29)32(37)41-22-24-10-6-5-7-11-24)21-30(36)34-31(33(38)39-3)26-12-8-9-13-28(26)35-18-16-23(2)17-19-35/h5-15,20,23,31H,4,16-19,21-22H2,1-3H3,(H,34,36). The third kappa shape index (κ3) is 7.87. The summed E-state index contributed by atoms with van der Waals surface area (Å²) in [7, 11) is 1.32. The topological polar surface area (TPSA) is 94.2 Å². The number of amides is 1. The minimum atomic E-state index is -0.957. The number of piperidine rings is 1. The number of anilines is 1. The van der Waals surface area contributed by atoms with Crippen LogP contribution in [0.4, 0.5) is 5.69 Å². The van der Waals surface area contributed by atoms with Crippen molar-refractivity contribution in [3.8, 4) is 5.75 Å². The van der Waals surface area contributed by atoms with Crippen molar-refractivity contribution >= 4 is 23.5 Å². The monoisotopic (exact) mass is 558 g/mol. The summed E-state index contributed by atoms with van der Waals surface area (Å²) in [4.78, 5) is 41.2. The Labute approximate surface area is 241 Å². The Balaban J connectivity index is 1.48. The molecule has 4 rings (SSSR count). The maximum absolute atomic E-state index is 13.2. The normalized spacial score (nSPS) is 14.2. The molecule has 0 bridgehead atoms. The van der Waals surface area contributed by atoms with Crippen molar-refractivity contribution in [2.45, 2.75) is 45.8 Å². The van der Waals surface area contributed by atoms with E-state index < -0.39 is 18.0 Å². The fourth-order valence-electron chi connectivity index (χ4n) is 4.97. The smallest absolute Gasteiger partial charge is 0.342 e. The molecule has 0 aliphatic carbocycles. The first-order valence-electron chi connectivity index (χ1n) is 14.1. The fraction of sp³-hybridized carbons (Fsp3) is 0.364. The Morgan fingerprint density at radius 1 is 0.951 bits per heavy atom. The van der Waals surface area contributed by atoms with E-state index in [1.165, 1.54) is 7.11 Å². The van der Waals surface area contributed by atoms with Crippen LogP contribution in [0.1, 0.15) is 59.8 Å². The Kier molecular flexibility index (Phi) is 10.4. The van der Waals surface area contributed by atoms with Crippen molar-refractivity contribution in [3.63, 3.8) is 0 Å². The maximum Gasteiger partial charge on any atom is 0.342 e. The lowest BCUT2D eigenvalue weighted by Crippen LogP contribution is -2.38. The Bertz CT molecular complexity index is 1330. The van der Waals surface area contributed by atoms with Crippen LogP contribution in [0.25, 0.3) is 0 Å². The van der Waals surface area contributed by atoms with Gasteiger partial charge < -0.3 is 24.4 Å². The molecule has 1 N–H and O–H groups in total.